The van der Waals surface area contributed by atoms with E-state index in [1.807, 2.05) is 31.2 Å². The molecule has 1 aromatic carbocycles. The molecule has 6 nitrogen and oxygen atoms in total. The molecule has 0 saturated carbocycles. The second kappa shape index (κ2) is 10.3. The first-order valence-electron chi connectivity index (χ1n) is 7.81. The highest BCUT2D eigenvalue weighted by atomic mass is 32.2. The average molecular weight is 366 g/mol. The molecule has 0 bridgehead atoms. The summed E-state index contributed by atoms with van der Waals surface area (Å²) in [6.07, 6.45) is 1.15. The number of methoxy groups -OCH3 is 1. The van der Waals surface area contributed by atoms with Crippen LogP contribution in [-0.4, -0.2) is 48.6 Å². The minimum atomic E-state index is 0.483. The predicted octanol–water partition coefficient (Wildman–Crippen LogP) is 2.43. The molecule has 0 aliphatic carbocycles. The molecule has 1 aromatic rings. The zero-order valence-corrected chi connectivity index (χ0v) is 15.6. The normalized spacial score (nSPS) is 14.8. The molecule has 0 fully saturated rings. The van der Waals surface area contributed by atoms with Gasteiger partial charge < -0.3 is 15.4 Å². The van der Waals surface area contributed by atoms with Crippen molar-refractivity contribution in [3.8, 4) is 0 Å². The number of hydrazone groups is 1. The van der Waals surface area contributed by atoms with Crippen molar-refractivity contribution in [3.63, 3.8) is 0 Å². The summed E-state index contributed by atoms with van der Waals surface area (Å²) < 4.78 is 4.95. The summed E-state index contributed by atoms with van der Waals surface area (Å²) in [5, 5.41) is 12.1. The molecule has 0 unspecified atom stereocenters. The highest BCUT2D eigenvalue weighted by Crippen LogP contribution is 2.17. The van der Waals surface area contributed by atoms with Crippen LogP contribution in [0, 0.1) is 0 Å². The fourth-order valence-corrected chi connectivity index (χ4v) is 2.95. The minimum absolute atomic E-state index is 0.483. The zero-order chi connectivity index (χ0) is 17.2. The van der Waals surface area contributed by atoms with Crippen LogP contribution in [0.5, 0.6) is 0 Å². The number of amidine groups is 1. The Kier molecular flexibility index (Phi) is 8.00. The predicted molar refractivity (Wildman–Crippen MR) is 107 cm³/mol. The number of thiocarbonyl (C=S) groups is 1. The Morgan fingerprint density at radius 3 is 2.83 bits per heavy atom. The highest BCUT2D eigenvalue weighted by Gasteiger charge is 2.06. The molecule has 0 atom stereocenters. The number of rotatable bonds is 6. The molecule has 0 saturated heterocycles. The lowest BCUT2D eigenvalue weighted by Crippen LogP contribution is -2.34. The number of aliphatic imine (C=N–C) groups is 1. The molecule has 1 heterocycles. The maximum absolute atomic E-state index is 5.14. The molecule has 0 aromatic heterocycles. The molecule has 130 valence electrons. The third-order valence-corrected chi connectivity index (χ3v) is 4.50. The Morgan fingerprint density at radius 2 is 2.17 bits per heavy atom. The van der Waals surface area contributed by atoms with Crippen LogP contribution in [0.15, 0.2) is 34.4 Å². The zero-order valence-electron chi connectivity index (χ0n) is 14.0. The number of thioether (sulfide) groups is 1. The second-order valence-corrected chi connectivity index (χ2v) is 6.64. The standard InChI is InChI=1S/C16H23N5OS2/c1-12(20-21-15(23)17-9-10-22-2)13-4-6-14(7-5-13)19-16-18-8-3-11-24-16/h4-7H,3,8-11H2,1-2H3,(H,18,19)(H2,17,21,23)/b20-12-. The molecule has 2 rings (SSSR count). The van der Waals surface area contributed by atoms with Crippen molar-refractivity contribution in [3.05, 3.63) is 29.8 Å². The molecule has 0 spiro atoms. The molecular formula is C16H23N5OS2. The Balaban J connectivity index is 1.85. The molecule has 0 amide bonds. The quantitative estimate of drug-likeness (QED) is 0.311. The fraction of sp³-hybridized carbons (Fsp3) is 0.438. The summed E-state index contributed by atoms with van der Waals surface area (Å²) in [6, 6.07) is 8.11. The van der Waals surface area contributed by atoms with Crippen molar-refractivity contribution >= 4 is 45.7 Å². The smallest absolute Gasteiger partial charge is 0.187 e. The lowest BCUT2D eigenvalue weighted by Gasteiger charge is -2.13. The first-order chi connectivity index (χ1) is 11.7. The van der Waals surface area contributed by atoms with Gasteiger partial charge in [0.15, 0.2) is 10.3 Å². The minimum Gasteiger partial charge on any atom is -0.383 e. The van der Waals surface area contributed by atoms with E-state index in [1.165, 1.54) is 0 Å². The molecule has 1 aliphatic heterocycles. The molecular weight excluding hydrogens is 342 g/mol. The van der Waals surface area contributed by atoms with Crippen molar-refractivity contribution in [1.29, 1.82) is 0 Å². The van der Waals surface area contributed by atoms with E-state index in [0.29, 0.717) is 18.3 Å². The van der Waals surface area contributed by atoms with Gasteiger partial charge in [-0.2, -0.15) is 5.10 Å². The van der Waals surface area contributed by atoms with E-state index < -0.39 is 0 Å². The third-order valence-electron chi connectivity index (χ3n) is 3.27. The van der Waals surface area contributed by atoms with Crippen molar-refractivity contribution in [1.82, 2.24) is 10.7 Å². The fourth-order valence-electron chi connectivity index (χ4n) is 1.96. The van der Waals surface area contributed by atoms with E-state index in [1.54, 1.807) is 18.9 Å². The van der Waals surface area contributed by atoms with E-state index in [4.69, 9.17) is 17.0 Å². The van der Waals surface area contributed by atoms with E-state index in [2.05, 4.69) is 26.2 Å². The maximum Gasteiger partial charge on any atom is 0.187 e. The molecule has 1 aliphatic rings. The second-order valence-electron chi connectivity index (χ2n) is 5.15. The number of hydrogen-bond donors (Lipinski definition) is 3. The third kappa shape index (κ3) is 6.46. The first kappa shape index (κ1) is 18.7. The number of benzene rings is 1. The number of anilines is 1. The molecule has 24 heavy (non-hydrogen) atoms. The topological polar surface area (TPSA) is 70.0 Å². The number of ether oxygens (including phenoxy) is 1. The summed E-state index contributed by atoms with van der Waals surface area (Å²) in [5.41, 5.74) is 5.76. The number of nitrogens with one attached hydrogen (secondary N) is 3. The van der Waals surface area contributed by atoms with Crippen LogP contribution in [0.1, 0.15) is 18.9 Å². The number of hydrogen-bond acceptors (Lipinski definition) is 6. The Bertz CT molecular complexity index is 601. The van der Waals surface area contributed by atoms with Gasteiger partial charge in [-0.1, -0.05) is 23.9 Å². The lowest BCUT2D eigenvalue weighted by molar-refractivity contribution is 0.204. The van der Waals surface area contributed by atoms with Crippen LogP contribution in [-0.2, 0) is 4.74 Å². The number of nitrogens with zero attached hydrogens (tertiary/aromatic N) is 2. The van der Waals surface area contributed by atoms with Crippen LogP contribution in [0.3, 0.4) is 0 Å². The van der Waals surface area contributed by atoms with E-state index >= 15 is 0 Å². The van der Waals surface area contributed by atoms with E-state index in [0.717, 1.165) is 40.8 Å². The summed E-state index contributed by atoms with van der Waals surface area (Å²) >= 11 is 6.90. The van der Waals surface area contributed by atoms with Gasteiger partial charge in [-0.15, -0.1) is 0 Å². The molecule has 3 N–H and O–H groups in total. The Hall–Kier alpha value is -1.64. The largest absolute Gasteiger partial charge is 0.383 e. The van der Waals surface area contributed by atoms with Crippen LogP contribution >= 0.6 is 24.0 Å². The lowest BCUT2D eigenvalue weighted by atomic mass is 10.1. The van der Waals surface area contributed by atoms with E-state index in [9.17, 15) is 0 Å². The maximum atomic E-state index is 5.14. The van der Waals surface area contributed by atoms with Crippen LogP contribution in [0.25, 0.3) is 0 Å². The molecule has 0 radical (unpaired) electrons. The summed E-state index contributed by atoms with van der Waals surface area (Å²) in [6.45, 7) is 4.10. The van der Waals surface area contributed by atoms with Gasteiger partial charge in [0.2, 0.25) is 0 Å². The SMILES string of the molecule is COCCNC(=S)N/N=C(/C)c1ccc(NC2=NCCCS2)cc1. The average Bonchev–Trinajstić information content (AvgIpc) is 2.61. The Labute approximate surface area is 152 Å². The van der Waals surface area contributed by atoms with Gasteiger partial charge >= 0.3 is 0 Å². The van der Waals surface area contributed by atoms with Gasteiger partial charge in [0.1, 0.15) is 0 Å². The van der Waals surface area contributed by atoms with Gasteiger partial charge in [-0.25, -0.2) is 0 Å². The summed E-state index contributed by atoms with van der Waals surface area (Å²) in [5.74, 6) is 1.12. The van der Waals surface area contributed by atoms with Crippen molar-refractivity contribution in [2.45, 2.75) is 13.3 Å². The summed E-state index contributed by atoms with van der Waals surface area (Å²) in [7, 11) is 1.65. The monoisotopic (exact) mass is 365 g/mol. The Morgan fingerprint density at radius 1 is 1.38 bits per heavy atom. The highest BCUT2D eigenvalue weighted by molar-refractivity contribution is 8.14. The first-order valence-corrected chi connectivity index (χ1v) is 9.20. The van der Waals surface area contributed by atoms with E-state index in [-0.39, 0.29) is 0 Å². The van der Waals surface area contributed by atoms with Gasteiger partial charge in [-0.3, -0.25) is 10.4 Å². The van der Waals surface area contributed by atoms with Gasteiger partial charge in [0.25, 0.3) is 0 Å². The summed E-state index contributed by atoms with van der Waals surface area (Å²) in [4.78, 5) is 4.47. The molecule has 8 heteroatoms. The van der Waals surface area contributed by atoms with Gasteiger partial charge in [0, 0.05) is 31.6 Å². The van der Waals surface area contributed by atoms with Crippen molar-refractivity contribution in [2.24, 2.45) is 10.1 Å². The van der Waals surface area contributed by atoms with Gasteiger partial charge in [0.05, 0.1) is 12.3 Å². The van der Waals surface area contributed by atoms with Crippen LogP contribution in [0.4, 0.5) is 5.69 Å². The van der Waals surface area contributed by atoms with Crippen LogP contribution in [0.2, 0.25) is 0 Å². The van der Waals surface area contributed by atoms with Crippen molar-refractivity contribution in [2.75, 3.05) is 37.9 Å². The van der Waals surface area contributed by atoms with Crippen LogP contribution < -0.4 is 16.1 Å². The van der Waals surface area contributed by atoms with Gasteiger partial charge in [-0.05, 0) is 43.3 Å². The van der Waals surface area contributed by atoms with Crippen molar-refractivity contribution < 1.29 is 4.74 Å².